The molecule has 1 aliphatic carbocycles. The molecule has 0 aromatic heterocycles. The first-order chi connectivity index (χ1) is 15.2. The molecule has 5 heteroatoms. The first kappa shape index (κ1) is 18.9. The van der Waals surface area contributed by atoms with Crippen molar-refractivity contribution in [2.45, 2.75) is 44.7 Å². The van der Waals surface area contributed by atoms with E-state index < -0.39 is 0 Å². The van der Waals surface area contributed by atoms with Gasteiger partial charge in [0.15, 0.2) is 11.5 Å². The minimum absolute atomic E-state index is 0.0763. The lowest BCUT2D eigenvalue weighted by Gasteiger charge is -2.33. The fourth-order valence-electron chi connectivity index (χ4n) is 5.45. The lowest BCUT2D eigenvalue weighted by Crippen LogP contribution is -2.35. The minimum Gasteiger partial charge on any atom is -0.493 e. The van der Waals surface area contributed by atoms with Crippen LogP contribution < -0.4 is 14.2 Å². The van der Waals surface area contributed by atoms with Crippen LogP contribution in [0.25, 0.3) is 21.5 Å². The Balaban J connectivity index is 1.59. The highest BCUT2D eigenvalue weighted by molar-refractivity contribution is 6.12. The van der Waals surface area contributed by atoms with E-state index in [9.17, 15) is 4.79 Å². The van der Waals surface area contributed by atoms with Crippen LogP contribution >= 0.6 is 0 Å². The van der Waals surface area contributed by atoms with E-state index >= 15 is 0 Å². The molecule has 0 spiro atoms. The van der Waals surface area contributed by atoms with Gasteiger partial charge in [-0.3, -0.25) is 9.69 Å². The summed E-state index contributed by atoms with van der Waals surface area (Å²) in [5, 5.41) is 4.69. The Morgan fingerprint density at radius 3 is 2.39 bits per heavy atom. The number of ether oxygens (including phenoxy) is 3. The van der Waals surface area contributed by atoms with Crippen LogP contribution in [0, 0.1) is 5.92 Å². The van der Waals surface area contributed by atoms with Crippen LogP contribution in [-0.4, -0.2) is 37.7 Å². The smallest absolute Gasteiger partial charge is 0.314 e. The average molecular weight is 418 g/mol. The summed E-state index contributed by atoms with van der Waals surface area (Å²) in [5.74, 6) is 2.06. The van der Waals surface area contributed by atoms with Gasteiger partial charge in [-0.2, -0.15) is 0 Å². The lowest BCUT2D eigenvalue weighted by molar-refractivity contribution is -0.135. The number of carbonyl (C=O) groups excluding carboxylic acids is 1. The molecular formula is C26H27NO4. The number of nitrogens with zero attached hydrogens (tertiary/aromatic N) is 1. The fourth-order valence-corrected chi connectivity index (χ4v) is 5.45. The largest absolute Gasteiger partial charge is 0.493 e. The summed E-state index contributed by atoms with van der Waals surface area (Å²) in [4.78, 5) is 14.9. The van der Waals surface area contributed by atoms with Gasteiger partial charge in [0.2, 0.25) is 0 Å². The number of methoxy groups -OCH3 is 2. The van der Waals surface area contributed by atoms with Crippen LogP contribution in [0.4, 0.5) is 0 Å². The Morgan fingerprint density at radius 1 is 0.903 bits per heavy atom. The predicted molar refractivity (Wildman–Crippen MR) is 120 cm³/mol. The Hall–Kier alpha value is -2.79. The van der Waals surface area contributed by atoms with Crippen molar-refractivity contribution in [2.24, 2.45) is 5.92 Å². The molecule has 2 aliphatic heterocycles. The maximum Gasteiger partial charge on any atom is 0.314 e. The lowest BCUT2D eigenvalue weighted by atomic mass is 9.85. The molecule has 0 radical (unpaired) electrons. The molecule has 3 aromatic rings. The van der Waals surface area contributed by atoms with Crippen LogP contribution in [0.1, 0.15) is 36.8 Å². The van der Waals surface area contributed by atoms with Crippen LogP contribution in [0.3, 0.4) is 0 Å². The Morgan fingerprint density at radius 2 is 1.65 bits per heavy atom. The number of rotatable bonds is 4. The van der Waals surface area contributed by atoms with Gasteiger partial charge in [-0.05, 0) is 95.6 Å². The quantitative estimate of drug-likeness (QED) is 0.345. The molecule has 1 saturated carbocycles. The van der Waals surface area contributed by atoms with E-state index in [0.29, 0.717) is 11.8 Å². The monoisotopic (exact) mass is 417 g/mol. The summed E-state index contributed by atoms with van der Waals surface area (Å²) >= 11 is 0. The third-order valence-corrected chi connectivity index (χ3v) is 7.25. The molecule has 160 valence electrons. The normalized spacial score (nSPS) is 20.5. The molecule has 1 saturated heterocycles. The fraction of sp³-hybridized carbons (Fsp3) is 0.423. The third kappa shape index (κ3) is 3.06. The number of benzene rings is 3. The highest BCUT2D eigenvalue weighted by Crippen LogP contribution is 2.44. The topological polar surface area (TPSA) is 48.0 Å². The van der Waals surface area contributed by atoms with Crippen molar-refractivity contribution < 1.29 is 19.0 Å². The van der Waals surface area contributed by atoms with Gasteiger partial charge < -0.3 is 14.2 Å². The first-order valence-electron chi connectivity index (χ1n) is 11.2. The molecule has 3 aliphatic rings. The third-order valence-electron chi connectivity index (χ3n) is 7.25. The van der Waals surface area contributed by atoms with Crippen molar-refractivity contribution in [3.63, 3.8) is 0 Å². The Bertz CT molecular complexity index is 1210. The molecule has 31 heavy (non-hydrogen) atoms. The maximum atomic E-state index is 12.3. The van der Waals surface area contributed by atoms with Gasteiger partial charge in [0, 0.05) is 12.6 Å². The number of hydrogen-bond acceptors (Lipinski definition) is 5. The van der Waals surface area contributed by atoms with Crippen molar-refractivity contribution in [1.29, 1.82) is 0 Å². The standard InChI is InChI=1S/C26H27NO4/c1-29-24-12-21-19-10-16-4-3-9-27(16)14-23(19)18-8-7-17(31-26(28)15-5-6-15)11-20(18)22(21)13-25(24)30-2/h7-8,11-13,15-16H,3-6,9-10,14H2,1-2H3/t16-/m0/s1. The van der Waals surface area contributed by atoms with Crippen molar-refractivity contribution in [1.82, 2.24) is 4.90 Å². The average Bonchev–Trinajstić information content (AvgIpc) is 3.55. The highest BCUT2D eigenvalue weighted by atomic mass is 16.5. The molecule has 0 amide bonds. The van der Waals surface area contributed by atoms with Gasteiger partial charge in [0.05, 0.1) is 20.1 Å². The van der Waals surface area contributed by atoms with E-state index in [4.69, 9.17) is 14.2 Å². The van der Waals surface area contributed by atoms with Crippen LogP contribution in [0.2, 0.25) is 0 Å². The molecule has 0 N–H and O–H groups in total. The Kier molecular flexibility index (Phi) is 4.35. The summed E-state index contributed by atoms with van der Waals surface area (Å²) in [7, 11) is 3.36. The van der Waals surface area contributed by atoms with Crippen LogP contribution in [-0.2, 0) is 17.8 Å². The second kappa shape index (κ2) is 7.13. The molecule has 0 bridgehead atoms. The van der Waals surface area contributed by atoms with Crippen LogP contribution in [0.15, 0.2) is 30.3 Å². The van der Waals surface area contributed by atoms with Gasteiger partial charge in [0.25, 0.3) is 0 Å². The molecule has 0 unspecified atom stereocenters. The zero-order valence-electron chi connectivity index (χ0n) is 18.1. The van der Waals surface area contributed by atoms with Gasteiger partial charge >= 0.3 is 5.97 Å². The van der Waals surface area contributed by atoms with Gasteiger partial charge in [-0.25, -0.2) is 0 Å². The van der Waals surface area contributed by atoms with Crippen molar-refractivity contribution in [3.05, 3.63) is 41.5 Å². The first-order valence-corrected chi connectivity index (χ1v) is 11.2. The van der Waals surface area contributed by atoms with Gasteiger partial charge in [-0.1, -0.05) is 6.07 Å². The Labute approximate surface area is 181 Å². The van der Waals surface area contributed by atoms with E-state index in [1.807, 2.05) is 12.1 Å². The van der Waals surface area contributed by atoms with Crippen molar-refractivity contribution in [3.8, 4) is 17.2 Å². The van der Waals surface area contributed by atoms with Crippen molar-refractivity contribution in [2.75, 3.05) is 20.8 Å². The molecule has 6 rings (SSSR count). The van der Waals surface area contributed by atoms with Gasteiger partial charge in [0.1, 0.15) is 5.75 Å². The molecule has 2 heterocycles. The zero-order valence-corrected chi connectivity index (χ0v) is 18.1. The predicted octanol–water partition coefficient (Wildman–Crippen LogP) is 4.85. The molecule has 5 nitrogen and oxygen atoms in total. The maximum absolute atomic E-state index is 12.3. The zero-order chi connectivity index (χ0) is 21.1. The van der Waals surface area contributed by atoms with Crippen molar-refractivity contribution >= 4 is 27.5 Å². The molecule has 2 fully saturated rings. The summed E-state index contributed by atoms with van der Waals surface area (Å²) in [6, 6.07) is 10.9. The summed E-state index contributed by atoms with van der Waals surface area (Å²) in [6.45, 7) is 2.15. The number of hydrogen-bond donors (Lipinski definition) is 0. The van der Waals surface area contributed by atoms with E-state index in [1.165, 1.54) is 41.3 Å². The van der Waals surface area contributed by atoms with E-state index in [2.05, 4.69) is 23.1 Å². The minimum atomic E-state index is -0.110. The molecular weight excluding hydrogens is 390 g/mol. The van der Waals surface area contributed by atoms with E-state index in [0.717, 1.165) is 48.1 Å². The van der Waals surface area contributed by atoms with E-state index in [-0.39, 0.29) is 11.9 Å². The second-order valence-corrected chi connectivity index (χ2v) is 9.08. The number of carbonyl (C=O) groups is 1. The highest BCUT2D eigenvalue weighted by Gasteiger charge is 2.33. The second-order valence-electron chi connectivity index (χ2n) is 9.08. The summed E-state index contributed by atoms with van der Waals surface area (Å²) < 4.78 is 17.0. The van der Waals surface area contributed by atoms with Crippen LogP contribution in [0.5, 0.6) is 17.2 Å². The van der Waals surface area contributed by atoms with E-state index in [1.54, 1.807) is 14.2 Å². The molecule has 3 aromatic carbocycles. The molecule has 1 atom stereocenters. The summed E-state index contributed by atoms with van der Waals surface area (Å²) in [5.41, 5.74) is 2.82. The van der Waals surface area contributed by atoms with Gasteiger partial charge in [-0.15, -0.1) is 0 Å². The number of fused-ring (bicyclic) bond motifs is 7. The SMILES string of the molecule is COc1cc2c3c(c4ccc(OC(=O)C5CC5)cc4c2cc1OC)CN1CCC[C@H]1C3. The summed E-state index contributed by atoms with van der Waals surface area (Å²) in [6.07, 6.45) is 5.48. The number of esters is 1.